The smallest absolute Gasteiger partial charge is 0.133 e. The Balaban J connectivity index is 2.52. The minimum absolute atomic E-state index is 0.662. The molecule has 1 aromatic rings. The molecule has 0 radical (unpaired) electrons. The lowest BCUT2D eigenvalue weighted by molar-refractivity contribution is 0.210. The maximum atomic E-state index is 4.97. The molecule has 1 aromatic heterocycles. The number of aromatic nitrogens is 2. The van der Waals surface area contributed by atoms with E-state index in [1.165, 1.54) is 0 Å². The van der Waals surface area contributed by atoms with E-state index in [4.69, 9.17) is 4.74 Å². The van der Waals surface area contributed by atoms with Gasteiger partial charge in [-0.25, -0.2) is 9.97 Å². The average molecular weight is 239 g/mol. The van der Waals surface area contributed by atoms with E-state index in [1.54, 1.807) is 13.4 Å². The van der Waals surface area contributed by atoms with Crippen LogP contribution in [0.25, 0.3) is 0 Å². The summed E-state index contributed by atoms with van der Waals surface area (Å²) in [6, 6.07) is 1.94. The SMILES string of the molecule is CNCCN(C)c1cc(NCCOC)ncn1. The average Bonchev–Trinajstić information content (AvgIpc) is 2.36. The highest BCUT2D eigenvalue weighted by Gasteiger charge is 2.03. The summed E-state index contributed by atoms with van der Waals surface area (Å²) in [5.41, 5.74) is 0. The molecule has 0 fully saturated rings. The van der Waals surface area contributed by atoms with Gasteiger partial charge < -0.3 is 20.3 Å². The third-order valence-electron chi connectivity index (χ3n) is 2.35. The van der Waals surface area contributed by atoms with Crippen molar-refractivity contribution in [1.82, 2.24) is 15.3 Å². The van der Waals surface area contributed by atoms with Crippen LogP contribution in [0.5, 0.6) is 0 Å². The van der Waals surface area contributed by atoms with Gasteiger partial charge in [0, 0.05) is 39.9 Å². The summed E-state index contributed by atoms with van der Waals surface area (Å²) in [5, 5.41) is 6.29. The van der Waals surface area contributed by atoms with Crippen molar-refractivity contribution in [1.29, 1.82) is 0 Å². The molecule has 17 heavy (non-hydrogen) atoms. The minimum Gasteiger partial charge on any atom is -0.383 e. The van der Waals surface area contributed by atoms with Gasteiger partial charge in [-0.05, 0) is 7.05 Å². The van der Waals surface area contributed by atoms with Crippen LogP contribution >= 0.6 is 0 Å². The van der Waals surface area contributed by atoms with Crippen molar-refractivity contribution in [3.63, 3.8) is 0 Å². The number of anilines is 2. The molecular formula is C11H21N5O. The van der Waals surface area contributed by atoms with E-state index in [2.05, 4.69) is 25.5 Å². The molecule has 0 aliphatic heterocycles. The van der Waals surface area contributed by atoms with Gasteiger partial charge in [0.05, 0.1) is 6.61 Å². The maximum Gasteiger partial charge on any atom is 0.133 e. The van der Waals surface area contributed by atoms with E-state index in [-0.39, 0.29) is 0 Å². The summed E-state index contributed by atoms with van der Waals surface area (Å²) < 4.78 is 4.97. The summed E-state index contributed by atoms with van der Waals surface area (Å²) in [4.78, 5) is 10.5. The highest BCUT2D eigenvalue weighted by molar-refractivity contribution is 5.47. The van der Waals surface area contributed by atoms with Crippen molar-refractivity contribution in [2.75, 3.05) is 57.7 Å². The van der Waals surface area contributed by atoms with Crippen molar-refractivity contribution in [2.24, 2.45) is 0 Å². The Morgan fingerprint density at radius 3 is 2.88 bits per heavy atom. The Kier molecular flexibility index (Phi) is 6.27. The Morgan fingerprint density at radius 1 is 1.35 bits per heavy atom. The monoisotopic (exact) mass is 239 g/mol. The number of ether oxygens (including phenoxy) is 1. The molecule has 6 heteroatoms. The Hall–Kier alpha value is -1.40. The van der Waals surface area contributed by atoms with Crippen LogP contribution in [0.3, 0.4) is 0 Å². The predicted octanol–water partition coefficient (Wildman–Crippen LogP) is 0.191. The van der Waals surface area contributed by atoms with Crippen molar-refractivity contribution in [3.8, 4) is 0 Å². The lowest BCUT2D eigenvalue weighted by atomic mass is 10.4. The zero-order chi connectivity index (χ0) is 12.5. The molecule has 0 aromatic carbocycles. The van der Waals surface area contributed by atoms with Crippen molar-refractivity contribution < 1.29 is 4.74 Å². The van der Waals surface area contributed by atoms with Crippen LogP contribution < -0.4 is 15.5 Å². The molecule has 0 bridgehead atoms. The number of hydrogen-bond donors (Lipinski definition) is 2. The number of nitrogens with zero attached hydrogens (tertiary/aromatic N) is 3. The molecule has 0 atom stereocenters. The van der Waals surface area contributed by atoms with Crippen LogP contribution in [-0.2, 0) is 4.74 Å². The van der Waals surface area contributed by atoms with Gasteiger partial charge in [0.2, 0.25) is 0 Å². The normalized spacial score (nSPS) is 10.3. The second kappa shape index (κ2) is 7.81. The van der Waals surface area contributed by atoms with E-state index >= 15 is 0 Å². The first-order chi connectivity index (χ1) is 8.27. The number of likely N-dealkylation sites (N-methyl/N-ethyl adjacent to an activating group) is 2. The predicted molar refractivity (Wildman–Crippen MR) is 69.6 cm³/mol. The van der Waals surface area contributed by atoms with E-state index in [0.29, 0.717) is 6.61 Å². The van der Waals surface area contributed by atoms with Crippen LogP contribution in [0.1, 0.15) is 0 Å². The third-order valence-corrected chi connectivity index (χ3v) is 2.35. The van der Waals surface area contributed by atoms with Crippen molar-refractivity contribution in [2.45, 2.75) is 0 Å². The minimum atomic E-state index is 0.662. The maximum absolute atomic E-state index is 4.97. The first-order valence-electron chi connectivity index (χ1n) is 5.68. The molecule has 2 N–H and O–H groups in total. The molecule has 0 saturated carbocycles. The van der Waals surface area contributed by atoms with Gasteiger partial charge in [-0.15, -0.1) is 0 Å². The first kappa shape index (κ1) is 13.7. The zero-order valence-electron chi connectivity index (χ0n) is 10.7. The van der Waals surface area contributed by atoms with Crippen LogP contribution in [0.15, 0.2) is 12.4 Å². The van der Waals surface area contributed by atoms with E-state index in [0.717, 1.165) is 31.3 Å². The summed E-state index contributed by atoms with van der Waals surface area (Å²) in [6.07, 6.45) is 1.57. The van der Waals surface area contributed by atoms with E-state index in [1.807, 2.05) is 20.2 Å². The summed E-state index contributed by atoms with van der Waals surface area (Å²) in [5.74, 6) is 1.73. The molecule has 0 spiro atoms. The fraction of sp³-hybridized carbons (Fsp3) is 0.636. The summed E-state index contributed by atoms with van der Waals surface area (Å²) >= 11 is 0. The molecular weight excluding hydrogens is 218 g/mol. The molecule has 0 aliphatic rings. The second-order valence-electron chi connectivity index (χ2n) is 3.71. The molecule has 0 unspecified atom stereocenters. The fourth-order valence-electron chi connectivity index (χ4n) is 1.33. The first-order valence-corrected chi connectivity index (χ1v) is 5.68. The van der Waals surface area contributed by atoms with Crippen molar-refractivity contribution >= 4 is 11.6 Å². The lowest BCUT2D eigenvalue weighted by Gasteiger charge is -2.18. The molecule has 0 amide bonds. The van der Waals surface area contributed by atoms with Gasteiger partial charge in [0.25, 0.3) is 0 Å². The number of rotatable bonds is 8. The Morgan fingerprint density at radius 2 is 2.18 bits per heavy atom. The second-order valence-corrected chi connectivity index (χ2v) is 3.71. The molecule has 1 heterocycles. The fourth-order valence-corrected chi connectivity index (χ4v) is 1.33. The van der Waals surface area contributed by atoms with Gasteiger partial charge in [0.15, 0.2) is 0 Å². The highest BCUT2D eigenvalue weighted by Crippen LogP contribution is 2.11. The third kappa shape index (κ3) is 4.97. The number of hydrogen-bond acceptors (Lipinski definition) is 6. The topological polar surface area (TPSA) is 62.3 Å². The van der Waals surface area contributed by atoms with Gasteiger partial charge in [0.1, 0.15) is 18.0 Å². The summed E-state index contributed by atoms with van der Waals surface area (Å²) in [7, 11) is 5.63. The highest BCUT2D eigenvalue weighted by atomic mass is 16.5. The van der Waals surface area contributed by atoms with Crippen LogP contribution in [0.2, 0.25) is 0 Å². The quantitative estimate of drug-likeness (QED) is 0.632. The molecule has 1 rings (SSSR count). The standard InChI is InChI=1S/C11H21N5O/c1-12-4-6-16(2)11-8-10(14-9-15-11)13-5-7-17-3/h8-9,12H,4-7H2,1-3H3,(H,13,14,15). The van der Waals surface area contributed by atoms with Crippen LogP contribution in [-0.4, -0.2) is 57.4 Å². The molecule has 96 valence electrons. The van der Waals surface area contributed by atoms with Crippen LogP contribution in [0.4, 0.5) is 11.6 Å². The van der Waals surface area contributed by atoms with Crippen molar-refractivity contribution in [3.05, 3.63) is 12.4 Å². The largest absolute Gasteiger partial charge is 0.383 e. The number of methoxy groups -OCH3 is 1. The molecule has 6 nitrogen and oxygen atoms in total. The van der Waals surface area contributed by atoms with E-state index < -0.39 is 0 Å². The van der Waals surface area contributed by atoms with Gasteiger partial charge in [-0.3, -0.25) is 0 Å². The number of nitrogens with one attached hydrogen (secondary N) is 2. The molecule has 0 saturated heterocycles. The summed E-state index contributed by atoms with van der Waals surface area (Å²) in [6.45, 7) is 3.24. The Bertz CT molecular complexity index is 320. The van der Waals surface area contributed by atoms with Gasteiger partial charge >= 0.3 is 0 Å². The molecule has 0 aliphatic carbocycles. The zero-order valence-corrected chi connectivity index (χ0v) is 10.7. The Labute approximate surface area is 102 Å². The van der Waals surface area contributed by atoms with E-state index in [9.17, 15) is 0 Å². The lowest BCUT2D eigenvalue weighted by Crippen LogP contribution is -2.27. The van der Waals surface area contributed by atoms with Gasteiger partial charge in [-0.2, -0.15) is 0 Å². The van der Waals surface area contributed by atoms with Gasteiger partial charge in [-0.1, -0.05) is 0 Å². The van der Waals surface area contributed by atoms with Crippen LogP contribution in [0, 0.1) is 0 Å².